The number of ether oxygens (including phenoxy) is 1. The van der Waals surface area contributed by atoms with Crippen molar-refractivity contribution < 1.29 is 14.3 Å². The quantitative estimate of drug-likeness (QED) is 0.504. The molecule has 0 radical (unpaired) electrons. The fourth-order valence-electron chi connectivity index (χ4n) is 2.88. The van der Waals surface area contributed by atoms with Crippen LogP contribution < -0.4 is 10.2 Å². The van der Waals surface area contributed by atoms with Crippen LogP contribution in [0.25, 0.3) is 0 Å². The molecule has 0 spiro atoms. The van der Waals surface area contributed by atoms with Crippen molar-refractivity contribution in [2.24, 2.45) is 5.92 Å². The van der Waals surface area contributed by atoms with Crippen LogP contribution in [0.2, 0.25) is 20.1 Å². The second kappa shape index (κ2) is 9.80. The van der Waals surface area contributed by atoms with E-state index in [1.165, 1.54) is 6.07 Å². The fraction of sp³-hybridized carbons (Fsp3) is 0.333. The van der Waals surface area contributed by atoms with Gasteiger partial charge in [0.15, 0.2) is 6.61 Å². The molecule has 3 rings (SSSR count). The Bertz CT molecular complexity index is 879. The number of aromatic nitrogens is 2. The number of benzene rings is 1. The Morgan fingerprint density at radius 1 is 1.07 bits per heavy atom. The highest BCUT2D eigenvalue weighted by Gasteiger charge is 2.28. The minimum Gasteiger partial charge on any atom is -0.455 e. The first kappa shape index (κ1) is 21.9. The van der Waals surface area contributed by atoms with E-state index in [1.807, 2.05) is 4.90 Å². The van der Waals surface area contributed by atoms with E-state index in [0.29, 0.717) is 31.9 Å². The van der Waals surface area contributed by atoms with Gasteiger partial charge in [-0.25, -0.2) is 9.97 Å². The molecule has 1 fully saturated rings. The van der Waals surface area contributed by atoms with E-state index in [9.17, 15) is 9.59 Å². The standard InChI is InChI=1S/C18H16Cl4N4O3/c19-11-8-12(20)15(22)16(14(11)21)25-13(27)9-29-17(28)10-2-6-26(7-3-10)18-23-4-1-5-24-18/h1,4-5,8,10H,2-3,6-7,9H2,(H,25,27). The molecule has 1 aromatic carbocycles. The molecule has 1 saturated heterocycles. The summed E-state index contributed by atoms with van der Waals surface area (Å²) in [5, 5.41) is 2.86. The Morgan fingerprint density at radius 3 is 2.24 bits per heavy atom. The molecular weight excluding hydrogens is 462 g/mol. The minimum absolute atomic E-state index is 0.0521. The van der Waals surface area contributed by atoms with Crippen molar-refractivity contribution in [2.75, 3.05) is 29.9 Å². The number of halogens is 4. The van der Waals surface area contributed by atoms with Gasteiger partial charge in [-0.1, -0.05) is 46.4 Å². The molecule has 1 amide bonds. The summed E-state index contributed by atoms with van der Waals surface area (Å²) in [7, 11) is 0. The predicted octanol–water partition coefficient (Wildman–Crippen LogP) is 4.49. The molecule has 0 saturated carbocycles. The molecule has 154 valence electrons. The first-order valence-electron chi connectivity index (χ1n) is 8.68. The van der Waals surface area contributed by atoms with Gasteiger partial charge in [0, 0.05) is 25.5 Å². The third-order valence-electron chi connectivity index (χ3n) is 4.39. The fourth-order valence-corrected chi connectivity index (χ4v) is 3.79. The average molecular weight is 478 g/mol. The molecule has 0 atom stereocenters. The number of hydrogen-bond donors (Lipinski definition) is 1. The smallest absolute Gasteiger partial charge is 0.309 e. The van der Waals surface area contributed by atoms with E-state index in [1.54, 1.807) is 18.5 Å². The van der Waals surface area contributed by atoms with Gasteiger partial charge in [-0.05, 0) is 25.0 Å². The molecule has 0 aliphatic carbocycles. The Hall–Kier alpha value is -1.80. The van der Waals surface area contributed by atoms with Crippen LogP contribution in [-0.2, 0) is 14.3 Å². The molecule has 7 nitrogen and oxygen atoms in total. The molecule has 2 heterocycles. The van der Waals surface area contributed by atoms with E-state index < -0.39 is 18.5 Å². The Morgan fingerprint density at radius 2 is 1.66 bits per heavy atom. The van der Waals surface area contributed by atoms with Crippen LogP contribution in [0.1, 0.15) is 12.8 Å². The molecule has 2 aromatic rings. The van der Waals surface area contributed by atoms with E-state index in [0.717, 1.165) is 0 Å². The largest absolute Gasteiger partial charge is 0.455 e. The lowest BCUT2D eigenvalue weighted by Gasteiger charge is -2.30. The summed E-state index contributed by atoms with van der Waals surface area (Å²) in [6, 6.07) is 3.12. The van der Waals surface area contributed by atoms with Gasteiger partial charge in [0.1, 0.15) is 0 Å². The average Bonchev–Trinajstić information content (AvgIpc) is 2.74. The topological polar surface area (TPSA) is 84.4 Å². The van der Waals surface area contributed by atoms with Gasteiger partial charge in [-0.2, -0.15) is 0 Å². The zero-order valence-electron chi connectivity index (χ0n) is 15.0. The number of anilines is 2. The Kier molecular flexibility index (Phi) is 7.40. The van der Waals surface area contributed by atoms with Crippen LogP contribution in [0, 0.1) is 5.92 Å². The Balaban J connectivity index is 1.50. The van der Waals surface area contributed by atoms with Crippen LogP contribution in [-0.4, -0.2) is 41.5 Å². The number of nitrogens with zero attached hydrogens (tertiary/aromatic N) is 3. The lowest BCUT2D eigenvalue weighted by Crippen LogP contribution is -2.38. The van der Waals surface area contributed by atoms with Gasteiger partial charge >= 0.3 is 5.97 Å². The number of piperidine rings is 1. The zero-order valence-corrected chi connectivity index (χ0v) is 18.0. The molecule has 11 heteroatoms. The molecule has 0 unspecified atom stereocenters. The summed E-state index contributed by atoms with van der Waals surface area (Å²) in [5.74, 6) is -0.700. The van der Waals surface area contributed by atoms with Crippen molar-refractivity contribution >= 4 is 69.9 Å². The zero-order chi connectivity index (χ0) is 21.0. The number of carbonyl (C=O) groups is 2. The van der Waals surface area contributed by atoms with Gasteiger partial charge < -0.3 is 15.0 Å². The normalized spacial score (nSPS) is 14.6. The second-order valence-electron chi connectivity index (χ2n) is 6.31. The maximum atomic E-state index is 12.3. The lowest BCUT2D eigenvalue weighted by molar-refractivity contribution is -0.152. The van der Waals surface area contributed by atoms with Crippen LogP contribution in [0.15, 0.2) is 24.5 Å². The van der Waals surface area contributed by atoms with Crippen LogP contribution in [0.3, 0.4) is 0 Å². The molecular formula is C18H16Cl4N4O3. The molecule has 1 aliphatic heterocycles. The summed E-state index contributed by atoms with van der Waals surface area (Å²) in [6.07, 6.45) is 4.51. The monoisotopic (exact) mass is 476 g/mol. The highest BCUT2D eigenvalue weighted by atomic mass is 35.5. The third kappa shape index (κ3) is 5.42. The van der Waals surface area contributed by atoms with E-state index in [-0.39, 0.29) is 31.7 Å². The van der Waals surface area contributed by atoms with Crippen LogP contribution in [0.5, 0.6) is 0 Å². The molecule has 1 aliphatic rings. The highest BCUT2D eigenvalue weighted by Crippen LogP contribution is 2.41. The van der Waals surface area contributed by atoms with Crippen molar-refractivity contribution in [3.05, 3.63) is 44.6 Å². The van der Waals surface area contributed by atoms with Gasteiger partial charge in [0.2, 0.25) is 5.95 Å². The third-order valence-corrected chi connectivity index (χ3v) is 5.96. The van der Waals surface area contributed by atoms with Crippen molar-refractivity contribution in [2.45, 2.75) is 12.8 Å². The van der Waals surface area contributed by atoms with E-state index >= 15 is 0 Å². The first-order chi connectivity index (χ1) is 13.9. The predicted molar refractivity (Wildman–Crippen MR) is 113 cm³/mol. The number of hydrogen-bond acceptors (Lipinski definition) is 6. The summed E-state index contributed by atoms with van der Waals surface area (Å²) in [6.45, 7) is 0.780. The molecule has 0 bridgehead atoms. The van der Waals surface area contributed by atoms with E-state index in [4.69, 9.17) is 51.1 Å². The maximum Gasteiger partial charge on any atom is 0.309 e. The minimum atomic E-state index is -0.601. The van der Waals surface area contributed by atoms with Crippen molar-refractivity contribution in [1.82, 2.24) is 9.97 Å². The van der Waals surface area contributed by atoms with Crippen molar-refractivity contribution in [3.63, 3.8) is 0 Å². The summed E-state index contributed by atoms with van der Waals surface area (Å²) >= 11 is 24.0. The summed E-state index contributed by atoms with van der Waals surface area (Å²) < 4.78 is 5.14. The summed E-state index contributed by atoms with van der Waals surface area (Å²) in [4.78, 5) is 34.9. The molecule has 1 aromatic heterocycles. The molecule has 29 heavy (non-hydrogen) atoms. The van der Waals surface area contributed by atoms with Gasteiger partial charge in [0.25, 0.3) is 5.91 Å². The van der Waals surface area contributed by atoms with Crippen molar-refractivity contribution in [3.8, 4) is 0 Å². The van der Waals surface area contributed by atoms with Crippen LogP contribution >= 0.6 is 46.4 Å². The highest BCUT2D eigenvalue weighted by molar-refractivity contribution is 6.50. The number of nitrogens with one attached hydrogen (secondary N) is 1. The molecule has 1 N–H and O–H groups in total. The number of rotatable bonds is 5. The first-order valence-corrected chi connectivity index (χ1v) is 10.2. The number of carbonyl (C=O) groups excluding carboxylic acids is 2. The Labute approximate surface area is 187 Å². The maximum absolute atomic E-state index is 12.3. The summed E-state index contributed by atoms with van der Waals surface area (Å²) in [5.41, 5.74) is 0.0723. The SMILES string of the molecule is O=C(COC(=O)C1CCN(c2ncccn2)CC1)Nc1c(Cl)c(Cl)cc(Cl)c1Cl. The van der Waals surface area contributed by atoms with Gasteiger partial charge in [-0.3, -0.25) is 9.59 Å². The van der Waals surface area contributed by atoms with Crippen LogP contribution in [0.4, 0.5) is 11.6 Å². The lowest BCUT2D eigenvalue weighted by atomic mass is 9.97. The number of esters is 1. The van der Waals surface area contributed by atoms with Gasteiger partial charge in [-0.15, -0.1) is 0 Å². The second-order valence-corrected chi connectivity index (χ2v) is 7.88. The van der Waals surface area contributed by atoms with E-state index in [2.05, 4.69) is 15.3 Å². The van der Waals surface area contributed by atoms with Gasteiger partial charge in [0.05, 0.1) is 31.7 Å². The number of amides is 1. The van der Waals surface area contributed by atoms with Crippen molar-refractivity contribution in [1.29, 1.82) is 0 Å².